The van der Waals surface area contributed by atoms with Crippen molar-refractivity contribution in [2.45, 2.75) is 31.7 Å². The SMILES string of the molecule is Cn1ccnc1CCN(CCCN)C1CC1. The number of hydrogen-bond donors (Lipinski definition) is 1. The molecule has 0 amide bonds. The molecule has 1 saturated carbocycles. The lowest BCUT2D eigenvalue weighted by molar-refractivity contribution is 0.262. The summed E-state index contributed by atoms with van der Waals surface area (Å²) in [6, 6.07) is 0.826. The van der Waals surface area contributed by atoms with E-state index in [1.54, 1.807) is 0 Å². The Hall–Kier alpha value is -0.870. The molecule has 0 spiro atoms. The fraction of sp³-hybridized carbons (Fsp3) is 0.750. The maximum absolute atomic E-state index is 5.57. The van der Waals surface area contributed by atoms with E-state index in [2.05, 4.69) is 21.5 Å². The lowest BCUT2D eigenvalue weighted by atomic mass is 10.3. The Morgan fingerprint density at radius 3 is 2.88 bits per heavy atom. The molecule has 1 heterocycles. The molecule has 90 valence electrons. The molecule has 1 aliphatic carbocycles. The van der Waals surface area contributed by atoms with Crippen LogP contribution in [0.4, 0.5) is 0 Å². The molecule has 1 aliphatic rings. The van der Waals surface area contributed by atoms with Crippen LogP contribution in [0.15, 0.2) is 12.4 Å². The van der Waals surface area contributed by atoms with Crippen molar-refractivity contribution < 1.29 is 0 Å². The van der Waals surface area contributed by atoms with E-state index in [-0.39, 0.29) is 0 Å². The molecule has 0 unspecified atom stereocenters. The molecule has 0 atom stereocenters. The number of hydrogen-bond acceptors (Lipinski definition) is 3. The van der Waals surface area contributed by atoms with Crippen LogP contribution in [0.2, 0.25) is 0 Å². The number of aryl methyl sites for hydroxylation is 1. The van der Waals surface area contributed by atoms with Crippen LogP contribution in [0.3, 0.4) is 0 Å². The Balaban J connectivity index is 1.79. The smallest absolute Gasteiger partial charge is 0.109 e. The molecule has 0 saturated heterocycles. The zero-order valence-corrected chi connectivity index (χ0v) is 10.1. The van der Waals surface area contributed by atoms with Crippen molar-refractivity contribution in [2.75, 3.05) is 19.6 Å². The number of nitrogens with two attached hydrogens (primary N) is 1. The van der Waals surface area contributed by atoms with Gasteiger partial charge in [-0.2, -0.15) is 0 Å². The minimum Gasteiger partial charge on any atom is -0.338 e. The van der Waals surface area contributed by atoms with Crippen LogP contribution in [-0.4, -0.2) is 40.1 Å². The van der Waals surface area contributed by atoms with E-state index in [0.717, 1.165) is 38.5 Å². The molecule has 1 aromatic heterocycles. The fourth-order valence-corrected chi connectivity index (χ4v) is 2.09. The maximum atomic E-state index is 5.57. The highest BCUT2D eigenvalue weighted by molar-refractivity contribution is 4.93. The number of nitrogens with zero attached hydrogens (tertiary/aromatic N) is 3. The Morgan fingerprint density at radius 1 is 1.50 bits per heavy atom. The largest absolute Gasteiger partial charge is 0.338 e. The molecule has 0 radical (unpaired) electrons. The van der Waals surface area contributed by atoms with Gasteiger partial charge in [-0.3, -0.25) is 4.90 Å². The molecule has 16 heavy (non-hydrogen) atoms. The Labute approximate surface area is 97.4 Å². The van der Waals surface area contributed by atoms with Crippen molar-refractivity contribution >= 4 is 0 Å². The Kier molecular flexibility index (Phi) is 3.96. The molecule has 1 fully saturated rings. The topological polar surface area (TPSA) is 47.1 Å². The van der Waals surface area contributed by atoms with Crippen LogP contribution in [0.5, 0.6) is 0 Å². The highest BCUT2D eigenvalue weighted by Crippen LogP contribution is 2.26. The lowest BCUT2D eigenvalue weighted by Gasteiger charge is -2.21. The molecule has 1 aromatic rings. The summed E-state index contributed by atoms with van der Waals surface area (Å²) in [5.41, 5.74) is 5.57. The molecule has 4 nitrogen and oxygen atoms in total. The average molecular weight is 222 g/mol. The van der Waals surface area contributed by atoms with Crippen molar-refractivity contribution in [1.29, 1.82) is 0 Å². The Bertz CT molecular complexity index is 317. The first-order valence-corrected chi connectivity index (χ1v) is 6.21. The summed E-state index contributed by atoms with van der Waals surface area (Å²) in [4.78, 5) is 6.93. The number of aromatic nitrogens is 2. The normalized spacial score (nSPS) is 15.9. The van der Waals surface area contributed by atoms with Gasteiger partial charge in [0.05, 0.1) is 0 Å². The lowest BCUT2D eigenvalue weighted by Crippen LogP contribution is -2.31. The highest BCUT2D eigenvalue weighted by atomic mass is 15.2. The summed E-state index contributed by atoms with van der Waals surface area (Å²) in [7, 11) is 2.06. The van der Waals surface area contributed by atoms with Crippen molar-refractivity contribution in [3.05, 3.63) is 18.2 Å². The molecule has 2 N–H and O–H groups in total. The van der Waals surface area contributed by atoms with E-state index in [9.17, 15) is 0 Å². The molecule has 2 rings (SSSR count). The van der Waals surface area contributed by atoms with Crippen LogP contribution >= 0.6 is 0 Å². The predicted octanol–water partition coefficient (Wildman–Crippen LogP) is 0.776. The zero-order valence-electron chi connectivity index (χ0n) is 10.1. The summed E-state index contributed by atoms with van der Waals surface area (Å²) in [6.07, 6.45) is 8.77. The summed E-state index contributed by atoms with van der Waals surface area (Å²) in [6.45, 7) is 3.06. The first-order valence-electron chi connectivity index (χ1n) is 6.21. The summed E-state index contributed by atoms with van der Waals surface area (Å²) in [5.74, 6) is 1.18. The van der Waals surface area contributed by atoms with Crippen LogP contribution in [0, 0.1) is 0 Å². The van der Waals surface area contributed by atoms with Gasteiger partial charge in [0.25, 0.3) is 0 Å². The quantitative estimate of drug-likeness (QED) is 0.741. The van der Waals surface area contributed by atoms with Gasteiger partial charge in [0, 0.05) is 38.4 Å². The maximum Gasteiger partial charge on any atom is 0.109 e. The van der Waals surface area contributed by atoms with E-state index in [0.29, 0.717) is 0 Å². The van der Waals surface area contributed by atoms with Crippen molar-refractivity contribution in [1.82, 2.24) is 14.5 Å². The molecule has 0 aromatic carbocycles. The standard InChI is InChI=1S/C12H22N4/c1-15-10-7-14-12(15)5-9-16(8-2-6-13)11-3-4-11/h7,10-11H,2-6,8-9,13H2,1H3. The molecule has 0 aliphatic heterocycles. The van der Waals surface area contributed by atoms with Gasteiger partial charge in [0.1, 0.15) is 5.82 Å². The predicted molar refractivity (Wildman–Crippen MR) is 65.2 cm³/mol. The number of rotatable bonds is 7. The van der Waals surface area contributed by atoms with Gasteiger partial charge in [-0.05, 0) is 32.4 Å². The van der Waals surface area contributed by atoms with Crippen LogP contribution in [0.25, 0.3) is 0 Å². The summed E-state index contributed by atoms with van der Waals surface area (Å²) < 4.78 is 2.11. The second kappa shape index (κ2) is 5.46. The van der Waals surface area contributed by atoms with Crippen molar-refractivity contribution in [3.63, 3.8) is 0 Å². The van der Waals surface area contributed by atoms with E-state index >= 15 is 0 Å². The van der Waals surface area contributed by atoms with Gasteiger partial charge < -0.3 is 10.3 Å². The van der Waals surface area contributed by atoms with Crippen LogP contribution < -0.4 is 5.73 Å². The van der Waals surface area contributed by atoms with E-state index in [1.807, 2.05) is 12.4 Å². The average Bonchev–Trinajstić information content (AvgIpc) is 3.04. The van der Waals surface area contributed by atoms with Gasteiger partial charge in [-0.25, -0.2) is 4.98 Å². The van der Waals surface area contributed by atoms with Crippen molar-refractivity contribution in [2.24, 2.45) is 12.8 Å². The molecular formula is C12H22N4. The Morgan fingerprint density at radius 2 is 2.31 bits per heavy atom. The third-order valence-electron chi connectivity index (χ3n) is 3.26. The van der Waals surface area contributed by atoms with Gasteiger partial charge in [0.15, 0.2) is 0 Å². The third kappa shape index (κ3) is 3.06. The molecule has 4 heteroatoms. The minimum absolute atomic E-state index is 0.797. The summed E-state index contributed by atoms with van der Waals surface area (Å²) >= 11 is 0. The van der Waals surface area contributed by atoms with Crippen LogP contribution in [-0.2, 0) is 13.5 Å². The van der Waals surface area contributed by atoms with Crippen LogP contribution in [0.1, 0.15) is 25.1 Å². The minimum atomic E-state index is 0.797. The van der Waals surface area contributed by atoms with E-state index in [1.165, 1.54) is 18.7 Å². The third-order valence-corrected chi connectivity index (χ3v) is 3.26. The highest BCUT2D eigenvalue weighted by Gasteiger charge is 2.28. The van der Waals surface area contributed by atoms with Gasteiger partial charge in [-0.1, -0.05) is 0 Å². The van der Waals surface area contributed by atoms with Gasteiger partial charge in [-0.15, -0.1) is 0 Å². The summed E-state index contributed by atoms with van der Waals surface area (Å²) in [5, 5.41) is 0. The van der Waals surface area contributed by atoms with E-state index < -0.39 is 0 Å². The second-order valence-corrected chi connectivity index (χ2v) is 4.61. The zero-order chi connectivity index (χ0) is 11.4. The second-order valence-electron chi connectivity index (χ2n) is 4.61. The van der Waals surface area contributed by atoms with Gasteiger partial charge >= 0.3 is 0 Å². The number of imidazole rings is 1. The monoisotopic (exact) mass is 222 g/mol. The first-order chi connectivity index (χ1) is 7.81. The van der Waals surface area contributed by atoms with Crippen molar-refractivity contribution in [3.8, 4) is 0 Å². The fourth-order valence-electron chi connectivity index (χ4n) is 2.09. The first kappa shape index (κ1) is 11.6. The molecule has 0 bridgehead atoms. The van der Waals surface area contributed by atoms with E-state index in [4.69, 9.17) is 5.73 Å². The molecular weight excluding hydrogens is 200 g/mol. The van der Waals surface area contributed by atoms with Gasteiger partial charge in [0.2, 0.25) is 0 Å².